The molecule has 1 aliphatic carbocycles. The van der Waals surface area contributed by atoms with Gasteiger partial charge in [-0.2, -0.15) is 0 Å². The van der Waals surface area contributed by atoms with E-state index in [2.05, 4.69) is 34.7 Å². The number of hydrogen-bond donors (Lipinski definition) is 2. The van der Waals surface area contributed by atoms with Crippen LogP contribution in [-0.4, -0.2) is 55.3 Å². The van der Waals surface area contributed by atoms with E-state index in [4.69, 9.17) is 0 Å². The number of unbranched alkanes of at least 4 members (excludes halogenated alkanes) is 1. The molecule has 2 aromatic carbocycles. The second-order valence-electron chi connectivity index (χ2n) is 8.47. The molecule has 3 amide bonds. The van der Waals surface area contributed by atoms with E-state index in [1.807, 2.05) is 36.4 Å². The molecule has 1 saturated carbocycles. The minimum absolute atomic E-state index is 0.0892. The van der Waals surface area contributed by atoms with Gasteiger partial charge in [-0.15, -0.1) is 0 Å². The lowest BCUT2D eigenvalue weighted by Crippen LogP contribution is -2.44. The van der Waals surface area contributed by atoms with E-state index < -0.39 is 6.04 Å². The Morgan fingerprint density at radius 1 is 1.00 bits per heavy atom. The molecular formula is C25H30N4O3. The van der Waals surface area contributed by atoms with E-state index in [0.29, 0.717) is 12.1 Å². The number of rotatable bonds is 10. The number of para-hydroxylation sites is 1. The van der Waals surface area contributed by atoms with Crippen LogP contribution in [0.3, 0.4) is 0 Å². The maximum Gasteiger partial charge on any atom is 0.255 e. The lowest BCUT2D eigenvalue weighted by atomic mass is 10.0. The number of fused-ring (bicyclic) bond motifs is 1. The molecule has 0 saturated heterocycles. The molecule has 0 bridgehead atoms. The highest BCUT2D eigenvalue weighted by atomic mass is 16.2. The van der Waals surface area contributed by atoms with Crippen molar-refractivity contribution in [2.75, 3.05) is 31.6 Å². The van der Waals surface area contributed by atoms with E-state index in [9.17, 15) is 14.4 Å². The molecule has 1 aliphatic heterocycles. The molecule has 4 rings (SSSR count). The standard InChI is InChI=1S/C25H30N4O3/c1-28(18-9-3-2-4-10-18)16-8-7-15-26-22(30)17-27-24(31)23-20-11-5-6-12-21(20)25(32)29(23)19-13-14-19/h2-6,9-12,19,23H,7-8,13-17H2,1H3,(H,26,30)(H,27,31). The van der Waals surface area contributed by atoms with E-state index >= 15 is 0 Å². The first-order valence-corrected chi connectivity index (χ1v) is 11.3. The zero-order chi connectivity index (χ0) is 22.5. The van der Waals surface area contributed by atoms with Crippen molar-refractivity contribution in [3.8, 4) is 0 Å². The third kappa shape index (κ3) is 4.93. The van der Waals surface area contributed by atoms with Gasteiger partial charge >= 0.3 is 0 Å². The van der Waals surface area contributed by atoms with Gasteiger partial charge in [0.25, 0.3) is 5.91 Å². The SMILES string of the molecule is CN(CCCCNC(=O)CNC(=O)C1c2ccccc2C(=O)N1C1CC1)c1ccccc1. The van der Waals surface area contributed by atoms with Crippen molar-refractivity contribution < 1.29 is 14.4 Å². The summed E-state index contributed by atoms with van der Waals surface area (Å²) >= 11 is 0. The number of carbonyl (C=O) groups is 3. The molecule has 0 spiro atoms. The molecule has 2 N–H and O–H groups in total. The van der Waals surface area contributed by atoms with Crippen molar-refractivity contribution in [3.05, 3.63) is 65.7 Å². The summed E-state index contributed by atoms with van der Waals surface area (Å²) in [5.74, 6) is -0.603. The number of nitrogens with one attached hydrogen (secondary N) is 2. The third-order valence-electron chi connectivity index (χ3n) is 6.05. The predicted molar refractivity (Wildman–Crippen MR) is 123 cm³/mol. The summed E-state index contributed by atoms with van der Waals surface area (Å²) in [7, 11) is 2.06. The average Bonchev–Trinajstić information content (AvgIpc) is 3.61. The van der Waals surface area contributed by atoms with Gasteiger partial charge in [-0.3, -0.25) is 14.4 Å². The van der Waals surface area contributed by atoms with Crippen LogP contribution in [0.15, 0.2) is 54.6 Å². The minimum atomic E-state index is -0.646. The Morgan fingerprint density at radius 2 is 1.72 bits per heavy atom. The molecule has 7 nitrogen and oxygen atoms in total. The lowest BCUT2D eigenvalue weighted by molar-refractivity contribution is -0.129. The molecule has 2 aromatic rings. The van der Waals surface area contributed by atoms with Crippen LogP contribution in [0.25, 0.3) is 0 Å². The van der Waals surface area contributed by atoms with Crippen molar-refractivity contribution >= 4 is 23.4 Å². The average molecular weight is 435 g/mol. The van der Waals surface area contributed by atoms with Gasteiger partial charge in [0.1, 0.15) is 6.04 Å². The van der Waals surface area contributed by atoms with Crippen molar-refractivity contribution in [1.82, 2.24) is 15.5 Å². The first-order chi connectivity index (χ1) is 15.6. The van der Waals surface area contributed by atoms with E-state index in [1.165, 1.54) is 5.69 Å². The lowest BCUT2D eigenvalue weighted by Gasteiger charge is -2.24. The fraction of sp³-hybridized carbons (Fsp3) is 0.400. The summed E-state index contributed by atoms with van der Waals surface area (Å²) in [5.41, 5.74) is 2.49. The van der Waals surface area contributed by atoms with Gasteiger partial charge in [0, 0.05) is 37.4 Å². The van der Waals surface area contributed by atoms with Crippen LogP contribution >= 0.6 is 0 Å². The fourth-order valence-corrected chi connectivity index (χ4v) is 4.17. The van der Waals surface area contributed by atoms with Gasteiger partial charge in [0.2, 0.25) is 11.8 Å². The monoisotopic (exact) mass is 434 g/mol. The van der Waals surface area contributed by atoms with Crippen molar-refractivity contribution in [1.29, 1.82) is 0 Å². The van der Waals surface area contributed by atoms with E-state index in [-0.39, 0.29) is 30.3 Å². The molecule has 0 radical (unpaired) electrons. The highest BCUT2D eigenvalue weighted by molar-refractivity contribution is 6.05. The minimum Gasteiger partial charge on any atom is -0.375 e. The van der Waals surface area contributed by atoms with Crippen LogP contribution in [0.4, 0.5) is 5.69 Å². The number of hydrogen-bond acceptors (Lipinski definition) is 4. The molecule has 1 unspecified atom stereocenters. The third-order valence-corrected chi connectivity index (χ3v) is 6.05. The topological polar surface area (TPSA) is 81.8 Å². The van der Waals surface area contributed by atoms with Crippen LogP contribution in [-0.2, 0) is 9.59 Å². The molecule has 168 valence electrons. The largest absolute Gasteiger partial charge is 0.375 e. The Hall–Kier alpha value is -3.35. The van der Waals surface area contributed by atoms with Gasteiger partial charge in [-0.1, -0.05) is 36.4 Å². The van der Waals surface area contributed by atoms with Crippen molar-refractivity contribution in [2.45, 2.75) is 37.8 Å². The Labute approximate surface area is 188 Å². The number of nitrogens with zero attached hydrogens (tertiary/aromatic N) is 2. The van der Waals surface area contributed by atoms with Gasteiger partial charge in [-0.05, 0) is 49.4 Å². The molecule has 1 fully saturated rings. The van der Waals surface area contributed by atoms with Crippen LogP contribution < -0.4 is 15.5 Å². The van der Waals surface area contributed by atoms with Gasteiger partial charge in [0.05, 0.1) is 6.54 Å². The normalized spacial score (nSPS) is 17.1. The Bertz CT molecular complexity index is 974. The zero-order valence-corrected chi connectivity index (χ0v) is 18.4. The second kappa shape index (κ2) is 9.85. The molecular weight excluding hydrogens is 404 g/mol. The van der Waals surface area contributed by atoms with E-state index in [1.54, 1.807) is 11.0 Å². The van der Waals surface area contributed by atoms with Gasteiger partial charge in [0.15, 0.2) is 0 Å². The van der Waals surface area contributed by atoms with Crippen LogP contribution in [0.5, 0.6) is 0 Å². The quantitative estimate of drug-likeness (QED) is 0.563. The summed E-state index contributed by atoms with van der Waals surface area (Å²) in [4.78, 5) is 41.7. The summed E-state index contributed by atoms with van der Waals surface area (Å²) in [6.07, 6.45) is 3.65. The number of amides is 3. The Balaban J connectivity index is 1.19. The Kier molecular flexibility index (Phi) is 6.73. The zero-order valence-electron chi connectivity index (χ0n) is 18.4. The highest BCUT2D eigenvalue weighted by Crippen LogP contribution is 2.41. The number of carbonyl (C=O) groups excluding carboxylic acids is 3. The molecule has 0 aromatic heterocycles. The van der Waals surface area contributed by atoms with Crippen molar-refractivity contribution in [3.63, 3.8) is 0 Å². The van der Waals surface area contributed by atoms with Crippen molar-refractivity contribution in [2.24, 2.45) is 0 Å². The van der Waals surface area contributed by atoms with Crippen LogP contribution in [0.2, 0.25) is 0 Å². The highest BCUT2D eigenvalue weighted by Gasteiger charge is 2.47. The fourth-order valence-electron chi connectivity index (χ4n) is 4.17. The molecule has 2 aliphatic rings. The van der Waals surface area contributed by atoms with E-state index in [0.717, 1.165) is 37.8 Å². The summed E-state index contributed by atoms with van der Waals surface area (Å²) in [5, 5.41) is 5.59. The molecule has 1 atom stereocenters. The first-order valence-electron chi connectivity index (χ1n) is 11.3. The summed E-state index contributed by atoms with van der Waals surface area (Å²) in [6, 6.07) is 16.9. The molecule has 7 heteroatoms. The Morgan fingerprint density at radius 3 is 2.47 bits per heavy atom. The first kappa shape index (κ1) is 21.9. The number of benzene rings is 2. The molecule has 1 heterocycles. The van der Waals surface area contributed by atoms with Gasteiger partial charge in [-0.25, -0.2) is 0 Å². The van der Waals surface area contributed by atoms with Crippen LogP contribution in [0.1, 0.15) is 47.6 Å². The predicted octanol–water partition coefficient (Wildman–Crippen LogP) is 2.49. The van der Waals surface area contributed by atoms with Gasteiger partial charge < -0.3 is 20.4 Å². The molecule has 32 heavy (non-hydrogen) atoms. The smallest absolute Gasteiger partial charge is 0.255 e. The maximum atomic E-state index is 12.9. The van der Waals surface area contributed by atoms with Crippen LogP contribution in [0, 0.1) is 0 Å². The second-order valence-corrected chi connectivity index (χ2v) is 8.47. The summed E-state index contributed by atoms with van der Waals surface area (Å²) in [6.45, 7) is 1.38. The number of anilines is 1. The maximum absolute atomic E-state index is 12.9. The summed E-state index contributed by atoms with van der Waals surface area (Å²) < 4.78 is 0.